The summed E-state index contributed by atoms with van der Waals surface area (Å²) in [4.78, 5) is 8.06. The van der Waals surface area contributed by atoms with Crippen molar-refractivity contribution < 1.29 is 8.42 Å². The number of anilines is 1. The Bertz CT molecular complexity index is 444. The monoisotopic (exact) mass is 230 g/mol. The van der Waals surface area contributed by atoms with E-state index in [0.29, 0.717) is 24.7 Å². The summed E-state index contributed by atoms with van der Waals surface area (Å²) >= 11 is 0. The van der Waals surface area contributed by atoms with Crippen LogP contribution in [-0.2, 0) is 9.84 Å². The molecule has 0 aromatic carbocycles. The lowest BCUT2D eigenvalue weighted by molar-refractivity contribution is 0.600. The van der Waals surface area contributed by atoms with E-state index < -0.39 is 9.84 Å². The predicted molar refractivity (Wildman–Crippen MR) is 57.4 cm³/mol. The summed E-state index contributed by atoms with van der Waals surface area (Å²) in [7, 11) is -3.25. The van der Waals surface area contributed by atoms with E-state index in [9.17, 15) is 8.42 Å². The molecule has 0 aliphatic carbocycles. The Kier molecular flexibility index (Phi) is 3.59. The molecule has 0 aliphatic heterocycles. The molecule has 0 amide bonds. The molecule has 6 nitrogen and oxygen atoms in total. The molecule has 7 heteroatoms. The number of nitrogens with two attached hydrogens (primary N) is 1. The number of nitrogens with zero attached hydrogens (tertiary/aromatic N) is 2. The lowest BCUT2D eigenvalue weighted by Gasteiger charge is -2.06. The predicted octanol–water partition coefficient (Wildman–Crippen LogP) is -0.441. The van der Waals surface area contributed by atoms with Crippen LogP contribution in [-0.4, -0.2) is 37.7 Å². The van der Waals surface area contributed by atoms with Crippen molar-refractivity contribution in [2.75, 3.05) is 24.7 Å². The van der Waals surface area contributed by atoms with Gasteiger partial charge in [0.1, 0.15) is 4.90 Å². The smallest absolute Gasteiger partial charge is 0.222 e. The highest BCUT2D eigenvalue weighted by atomic mass is 32.2. The fraction of sp³-hybridized carbons (Fsp3) is 0.500. The van der Waals surface area contributed by atoms with Crippen molar-refractivity contribution in [3.63, 3.8) is 0 Å². The van der Waals surface area contributed by atoms with Crippen LogP contribution in [0.25, 0.3) is 0 Å². The molecular formula is C8H14N4O2S. The van der Waals surface area contributed by atoms with Crippen LogP contribution in [0.15, 0.2) is 11.1 Å². The van der Waals surface area contributed by atoms with Crippen molar-refractivity contribution in [2.24, 2.45) is 5.73 Å². The second-order valence-corrected chi connectivity index (χ2v) is 5.12. The molecule has 0 saturated heterocycles. The number of aryl methyl sites for hydroxylation is 1. The van der Waals surface area contributed by atoms with Gasteiger partial charge >= 0.3 is 0 Å². The maximum atomic E-state index is 11.3. The number of nitrogens with one attached hydrogen (secondary N) is 1. The number of sulfone groups is 1. The molecule has 0 fully saturated rings. The highest BCUT2D eigenvalue weighted by Gasteiger charge is 2.12. The van der Waals surface area contributed by atoms with Crippen molar-refractivity contribution in [3.05, 3.63) is 11.9 Å². The van der Waals surface area contributed by atoms with E-state index in [1.54, 1.807) is 6.92 Å². The molecule has 0 bridgehead atoms. The maximum absolute atomic E-state index is 11.3. The topological polar surface area (TPSA) is 98.0 Å². The first-order valence-corrected chi connectivity index (χ1v) is 6.32. The normalized spacial score (nSPS) is 11.4. The second kappa shape index (κ2) is 4.54. The van der Waals surface area contributed by atoms with Gasteiger partial charge in [-0.25, -0.2) is 18.4 Å². The van der Waals surface area contributed by atoms with E-state index in [-0.39, 0.29) is 4.90 Å². The van der Waals surface area contributed by atoms with Crippen LogP contribution in [0, 0.1) is 6.92 Å². The number of hydrogen-bond donors (Lipinski definition) is 2. The zero-order valence-electron chi connectivity index (χ0n) is 8.69. The maximum Gasteiger partial charge on any atom is 0.222 e. The van der Waals surface area contributed by atoms with Gasteiger partial charge in [-0.3, -0.25) is 0 Å². The second-order valence-electron chi connectivity index (χ2n) is 3.13. The number of rotatable bonds is 4. The first kappa shape index (κ1) is 11.9. The molecule has 0 radical (unpaired) electrons. The van der Waals surface area contributed by atoms with E-state index in [4.69, 9.17) is 5.73 Å². The third-order valence-corrected chi connectivity index (χ3v) is 2.96. The standard InChI is InChI=1S/C8H14N4O2S/c1-6-7(15(2,13)14)5-11-8(12-6)10-4-3-9/h5H,3-4,9H2,1-2H3,(H,10,11,12). The van der Waals surface area contributed by atoms with Gasteiger partial charge in [0, 0.05) is 19.3 Å². The molecule has 0 aliphatic rings. The highest BCUT2D eigenvalue weighted by molar-refractivity contribution is 7.90. The van der Waals surface area contributed by atoms with Gasteiger partial charge in [0.2, 0.25) is 5.95 Å². The Hall–Kier alpha value is -1.21. The minimum absolute atomic E-state index is 0.154. The summed E-state index contributed by atoms with van der Waals surface area (Å²) in [5.74, 6) is 0.394. The Labute approximate surface area is 88.8 Å². The minimum Gasteiger partial charge on any atom is -0.353 e. The van der Waals surface area contributed by atoms with Crippen LogP contribution in [0.4, 0.5) is 5.95 Å². The molecule has 15 heavy (non-hydrogen) atoms. The molecule has 0 spiro atoms. The molecule has 0 atom stereocenters. The summed E-state index contributed by atoms with van der Waals surface area (Å²) < 4.78 is 22.5. The van der Waals surface area contributed by atoms with Crippen LogP contribution >= 0.6 is 0 Å². The van der Waals surface area contributed by atoms with E-state index in [1.807, 2.05) is 0 Å². The molecule has 3 N–H and O–H groups in total. The first-order chi connectivity index (χ1) is 6.95. The van der Waals surface area contributed by atoms with Crippen molar-refractivity contribution in [2.45, 2.75) is 11.8 Å². The summed E-state index contributed by atoms with van der Waals surface area (Å²) in [6, 6.07) is 0. The highest BCUT2D eigenvalue weighted by Crippen LogP contribution is 2.12. The molecule has 0 unspecified atom stereocenters. The van der Waals surface area contributed by atoms with E-state index in [1.165, 1.54) is 6.20 Å². The molecular weight excluding hydrogens is 216 g/mol. The number of hydrogen-bond acceptors (Lipinski definition) is 6. The van der Waals surface area contributed by atoms with Gasteiger partial charge in [0.15, 0.2) is 9.84 Å². The summed E-state index contributed by atoms with van der Waals surface area (Å²) in [6.45, 7) is 2.65. The average molecular weight is 230 g/mol. The van der Waals surface area contributed by atoms with Crippen molar-refractivity contribution in [3.8, 4) is 0 Å². The number of aromatic nitrogens is 2. The fourth-order valence-corrected chi connectivity index (χ4v) is 1.92. The molecule has 1 rings (SSSR count). The van der Waals surface area contributed by atoms with Crippen LogP contribution in [0.2, 0.25) is 0 Å². The van der Waals surface area contributed by atoms with Gasteiger partial charge in [-0.15, -0.1) is 0 Å². The first-order valence-electron chi connectivity index (χ1n) is 4.43. The summed E-state index contributed by atoms with van der Waals surface area (Å²) in [5, 5.41) is 2.87. The average Bonchev–Trinajstić information content (AvgIpc) is 2.12. The molecule has 1 aromatic heterocycles. The van der Waals surface area contributed by atoms with Crippen molar-refractivity contribution in [1.29, 1.82) is 0 Å². The van der Waals surface area contributed by atoms with E-state index >= 15 is 0 Å². The lowest BCUT2D eigenvalue weighted by Crippen LogP contribution is -2.15. The van der Waals surface area contributed by atoms with Crippen LogP contribution < -0.4 is 11.1 Å². The SMILES string of the molecule is Cc1nc(NCCN)ncc1S(C)(=O)=O. The van der Waals surface area contributed by atoms with Gasteiger partial charge in [0.25, 0.3) is 0 Å². The molecule has 1 aromatic rings. The van der Waals surface area contributed by atoms with Gasteiger partial charge in [-0.05, 0) is 6.92 Å². The van der Waals surface area contributed by atoms with Gasteiger partial charge in [-0.1, -0.05) is 0 Å². The van der Waals surface area contributed by atoms with E-state index in [2.05, 4.69) is 15.3 Å². The third kappa shape index (κ3) is 3.14. The van der Waals surface area contributed by atoms with Gasteiger partial charge in [-0.2, -0.15) is 0 Å². The van der Waals surface area contributed by atoms with Crippen LogP contribution in [0.5, 0.6) is 0 Å². The summed E-state index contributed by atoms with van der Waals surface area (Å²) in [6.07, 6.45) is 2.43. The summed E-state index contributed by atoms with van der Waals surface area (Å²) in [5.41, 5.74) is 5.74. The lowest BCUT2D eigenvalue weighted by atomic mass is 10.4. The van der Waals surface area contributed by atoms with Gasteiger partial charge < -0.3 is 11.1 Å². The third-order valence-electron chi connectivity index (χ3n) is 1.76. The Morgan fingerprint density at radius 1 is 1.53 bits per heavy atom. The van der Waals surface area contributed by atoms with Crippen LogP contribution in [0.3, 0.4) is 0 Å². The Morgan fingerprint density at radius 2 is 2.20 bits per heavy atom. The zero-order chi connectivity index (χ0) is 11.5. The quantitative estimate of drug-likeness (QED) is 0.727. The van der Waals surface area contributed by atoms with Crippen molar-refractivity contribution in [1.82, 2.24) is 9.97 Å². The Morgan fingerprint density at radius 3 is 2.67 bits per heavy atom. The van der Waals surface area contributed by atoms with Crippen molar-refractivity contribution >= 4 is 15.8 Å². The van der Waals surface area contributed by atoms with Gasteiger partial charge in [0.05, 0.1) is 11.9 Å². The van der Waals surface area contributed by atoms with Crippen LogP contribution in [0.1, 0.15) is 5.69 Å². The molecule has 1 heterocycles. The zero-order valence-corrected chi connectivity index (χ0v) is 9.50. The molecule has 84 valence electrons. The fourth-order valence-electron chi connectivity index (χ4n) is 1.09. The largest absolute Gasteiger partial charge is 0.353 e. The molecule has 0 saturated carbocycles. The van der Waals surface area contributed by atoms with E-state index in [0.717, 1.165) is 6.26 Å². The minimum atomic E-state index is -3.25. The Balaban J connectivity index is 2.99.